The van der Waals surface area contributed by atoms with E-state index in [9.17, 15) is 24.5 Å². The van der Waals surface area contributed by atoms with Crippen LogP contribution < -0.4 is 10.6 Å². The Hall–Kier alpha value is -2.39. The fraction of sp³-hybridized carbons (Fsp3) is 0.656. The van der Waals surface area contributed by atoms with E-state index in [2.05, 4.69) is 34.8 Å². The van der Waals surface area contributed by atoms with Gasteiger partial charge >= 0.3 is 0 Å². The van der Waals surface area contributed by atoms with E-state index in [4.69, 9.17) is 9.47 Å². The summed E-state index contributed by atoms with van der Waals surface area (Å²) >= 11 is 1.27. The standard InChI is InChI=1S/C32H44FN5O6S/c1-17(2)13-18-11-12-43-29-19(14-18)15-34-25(29)31(42)35-22-5-3-4-6-24(45-32-28(41)26(39)27(40)30(22)44-32)23-16-38(37-36-23)21-9-7-20(33)8-10-21/h3-4,7-10,16-19,22,24-30,32,34,39-41H,5-6,11-15H2,1-2H3,(H,35,42)/b4-3-/t18-,19-,22+,24-,25-,26?,27?,28?,29+,30?,32?/m0/s1. The molecule has 1 aromatic carbocycles. The number of carbonyl (C=O) groups is 1. The maximum atomic E-state index is 13.7. The van der Waals surface area contributed by atoms with Crippen LogP contribution in [0, 0.1) is 23.6 Å². The third-order valence-electron chi connectivity index (χ3n) is 9.42. The van der Waals surface area contributed by atoms with E-state index in [0.29, 0.717) is 49.2 Å². The summed E-state index contributed by atoms with van der Waals surface area (Å²) in [5.74, 6) is 0.872. The zero-order valence-electron chi connectivity index (χ0n) is 25.6. The fourth-order valence-corrected chi connectivity index (χ4v) is 8.46. The minimum Gasteiger partial charge on any atom is -0.388 e. The van der Waals surface area contributed by atoms with Crippen LogP contribution in [-0.2, 0) is 14.3 Å². The molecule has 0 aliphatic carbocycles. The molecular formula is C32H44FN5O6S. The molecule has 5 N–H and O–H groups in total. The van der Waals surface area contributed by atoms with Gasteiger partial charge in [-0.05, 0) is 74.1 Å². The highest BCUT2D eigenvalue weighted by atomic mass is 32.2. The van der Waals surface area contributed by atoms with Crippen molar-refractivity contribution < 1.29 is 34.0 Å². The summed E-state index contributed by atoms with van der Waals surface area (Å²) in [6.07, 6.45) is 4.24. The van der Waals surface area contributed by atoms with Gasteiger partial charge in [-0.25, -0.2) is 9.07 Å². The molecule has 1 amide bonds. The number of aromatic nitrogens is 3. The van der Waals surface area contributed by atoms with Gasteiger partial charge in [-0.15, -0.1) is 16.9 Å². The monoisotopic (exact) mass is 645 g/mol. The lowest BCUT2D eigenvalue weighted by atomic mass is 9.85. The number of thioether (sulfide) groups is 1. The first-order valence-electron chi connectivity index (χ1n) is 16.0. The van der Waals surface area contributed by atoms with Gasteiger partial charge < -0.3 is 35.4 Å². The number of ether oxygens (including phenoxy) is 2. The number of amides is 1. The molecule has 0 saturated carbocycles. The van der Waals surface area contributed by atoms with Crippen LogP contribution in [0.15, 0.2) is 42.6 Å². The maximum absolute atomic E-state index is 13.7. The van der Waals surface area contributed by atoms with E-state index >= 15 is 0 Å². The highest BCUT2D eigenvalue weighted by Gasteiger charge is 2.49. The van der Waals surface area contributed by atoms with Crippen LogP contribution in [0.2, 0.25) is 0 Å². The Kier molecular flexibility index (Phi) is 10.2. The Labute approximate surface area is 266 Å². The molecule has 4 aliphatic heterocycles. The van der Waals surface area contributed by atoms with Crippen molar-refractivity contribution in [3.63, 3.8) is 0 Å². The van der Waals surface area contributed by atoms with E-state index in [0.717, 1.165) is 19.3 Å². The molecule has 2 aromatic rings. The number of rotatable bonds is 6. The second-order valence-electron chi connectivity index (χ2n) is 13.2. The van der Waals surface area contributed by atoms with Crippen LogP contribution in [-0.4, -0.2) is 97.4 Å². The maximum Gasteiger partial charge on any atom is 0.240 e. The number of fused-ring (bicyclic) bond motifs is 3. The van der Waals surface area contributed by atoms with Crippen molar-refractivity contribution in [2.24, 2.45) is 17.8 Å². The first kappa shape index (κ1) is 32.5. The number of aliphatic hydroxyl groups excluding tert-OH is 3. The summed E-state index contributed by atoms with van der Waals surface area (Å²) in [4.78, 5) is 13.7. The van der Waals surface area contributed by atoms with Crippen molar-refractivity contribution in [2.45, 2.75) is 99.2 Å². The van der Waals surface area contributed by atoms with Crippen molar-refractivity contribution in [3.05, 3.63) is 54.1 Å². The lowest BCUT2D eigenvalue weighted by molar-refractivity contribution is -0.205. The molecule has 45 heavy (non-hydrogen) atoms. The topological polar surface area (TPSA) is 151 Å². The number of hydrogen-bond donors (Lipinski definition) is 5. The Bertz CT molecular complexity index is 1330. The van der Waals surface area contributed by atoms with Gasteiger partial charge in [0.25, 0.3) is 0 Å². The summed E-state index contributed by atoms with van der Waals surface area (Å²) in [7, 11) is 0. The number of nitrogens with zero attached hydrogens (tertiary/aromatic N) is 3. The number of benzene rings is 1. The molecule has 0 spiro atoms. The summed E-state index contributed by atoms with van der Waals surface area (Å²) in [6, 6.07) is 4.73. The first-order chi connectivity index (χ1) is 21.7. The predicted octanol–water partition coefficient (Wildman–Crippen LogP) is 2.25. The molecule has 13 heteroatoms. The van der Waals surface area contributed by atoms with Gasteiger partial charge in [0.2, 0.25) is 5.91 Å². The normalized spacial score (nSPS) is 37.9. The Morgan fingerprint density at radius 2 is 1.91 bits per heavy atom. The van der Waals surface area contributed by atoms with Crippen LogP contribution >= 0.6 is 11.8 Å². The smallest absolute Gasteiger partial charge is 0.240 e. The van der Waals surface area contributed by atoms with E-state index in [-0.39, 0.29) is 29.0 Å². The van der Waals surface area contributed by atoms with Gasteiger partial charge in [-0.3, -0.25) is 4.79 Å². The van der Waals surface area contributed by atoms with E-state index in [1.165, 1.54) is 23.9 Å². The van der Waals surface area contributed by atoms with Crippen molar-refractivity contribution in [3.8, 4) is 5.69 Å². The number of allylic oxidation sites excluding steroid dienone is 1. The third kappa shape index (κ3) is 7.29. The lowest BCUT2D eigenvalue weighted by Crippen LogP contribution is -2.64. The fourth-order valence-electron chi connectivity index (χ4n) is 7.15. The number of hydrogen-bond acceptors (Lipinski definition) is 10. The Balaban J connectivity index is 1.17. The van der Waals surface area contributed by atoms with Gasteiger partial charge in [-0.1, -0.05) is 31.2 Å². The van der Waals surface area contributed by atoms with Crippen LogP contribution in [0.4, 0.5) is 4.39 Å². The summed E-state index contributed by atoms with van der Waals surface area (Å²) < 4.78 is 27.5. The number of carbonyl (C=O) groups excluding carboxylic acids is 1. The van der Waals surface area contributed by atoms with Crippen LogP contribution in [0.1, 0.15) is 56.9 Å². The molecule has 5 heterocycles. The van der Waals surface area contributed by atoms with E-state index in [1.807, 2.05) is 12.2 Å². The quantitative estimate of drug-likeness (QED) is 0.296. The lowest BCUT2D eigenvalue weighted by Gasteiger charge is -2.44. The first-order valence-corrected chi connectivity index (χ1v) is 17.0. The average molecular weight is 646 g/mol. The number of halogens is 1. The minimum absolute atomic E-state index is 0.226. The highest BCUT2D eigenvalue weighted by molar-refractivity contribution is 8.00. The second-order valence-corrected chi connectivity index (χ2v) is 14.5. The Morgan fingerprint density at radius 3 is 2.69 bits per heavy atom. The van der Waals surface area contributed by atoms with E-state index < -0.39 is 41.9 Å². The molecule has 6 rings (SSSR count). The second kappa shape index (κ2) is 14.2. The number of nitrogens with one attached hydrogen (secondary N) is 2. The molecule has 3 fully saturated rings. The molecule has 2 bridgehead atoms. The summed E-state index contributed by atoms with van der Waals surface area (Å²) in [5, 5.41) is 47.5. The molecule has 3 saturated heterocycles. The van der Waals surface area contributed by atoms with Crippen molar-refractivity contribution in [2.75, 3.05) is 13.2 Å². The molecule has 5 unspecified atom stereocenters. The van der Waals surface area contributed by atoms with Crippen molar-refractivity contribution in [1.82, 2.24) is 25.6 Å². The van der Waals surface area contributed by atoms with Crippen LogP contribution in [0.25, 0.3) is 5.69 Å². The zero-order valence-corrected chi connectivity index (χ0v) is 26.4. The molecule has 11 atom stereocenters. The molecule has 1 aromatic heterocycles. The molecule has 11 nitrogen and oxygen atoms in total. The van der Waals surface area contributed by atoms with Crippen molar-refractivity contribution in [1.29, 1.82) is 0 Å². The van der Waals surface area contributed by atoms with E-state index in [1.54, 1.807) is 23.0 Å². The van der Waals surface area contributed by atoms with Crippen LogP contribution in [0.5, 0.6) is 0 Å². The largest absolute Gasteiger partial charge is 0.388 e. The van der Waals surface area contributed by atoms with Crippen molar-refractivity contribution >= 4 is 17.7 Å². The summed E-state index contributed by atoms with van der Waals surface area (Å²) in [6.45, 7) is 5.81. The molecule has 0 radical (unpaired) electrons. The van der Waals surface area contributed by atoms with Gasteiger partial charge in [0, 0.05) is 13.2 Å². The van der Waals surface area contributed by atoms with Crippen LogP contribution in [0.3, 0.4) is 0 Å². The molecular weight excluding hydrogens is 601 g/mol. The van der Waals surface area contributed by atoms with Gasteiger partial charge in [0.1, 0.15) is 41.7 Å². The SMILES string of the molecule is CC(C)C[C@@H]1CCO[C@@H]2[C@H](CN[C@@H]2C(=O)N[C@@H]2C/C=C\C[C@@H](c3cn(-c4ccc(F)cc4)nn3)SC3OC2C(O)C(O)C3O)C1. The number of aliphatic hydroxyl groups is 3. The Morgan fingerprint density at radius 1 is 1.13 bits per heavy atom. The highest BCUT2D eigenvalue weighted by Crippen LogP contribution is 2.41. The van der Waals surface area contributed by atoms with Gasteiger partial charge in [0.05, 0.1) is 35.0 Å². The average Bonchev–Trinajstić information content (AvgIpc) is 3.61. The molecule has 246 valence electrons. The minimum atomic E-state index is -1.48. The predicted molar refractivity (Wildman–Crippen MR) is 166 cm³/mol. The third-order valence-corrected chi connectivity index (χ3v) is 10.8. The summed E-state index contributed by atoms with van der Waals surface area (Å²) in [5.41, 5.74) is 0.361. The van der Waals surface area contributed by atoms with Gasteiger partial charge in [-0.2, -0.15) is 0 Å². The molecule has 4 aliphatic rings. The zero-order chi connectivity index (χ0) is 31.7. The van der Waals surface area contributed by atoms with Gasteiger partial charge in [0.15, 0.2) is 0 Å².